The summed E-state index contributed by atoms with van der Waals surface area (Å²) in [4.78, 5) is 12.5. The highest BCUT2D eigenvalue weighted by Gasteiger charge is 2.16. The maximum atomic E-state index is 12.0. The van der Waals surface area contributed by atoms with Crippen molar-refractivity contribution in [1.82, 2.24) is 5.32 Å². The molecule has 1 heterocycles. The van der Waals surface area contributed by atoms with Crippen molar-refractivity contribution in [2.75, 3.05) is 24.3 Å². The summed E-state index contributed by atoms with van der Waals surface area (Å²) in [5, 5.41) is 3.45. The largest absolute Gasteiger partial charge is 0.397 e. The number of anilines is 1. The molecule has 0 fully saturated rings. The molecular formula is C13H16N2O3S2. The highest BCUT2D eigenvalue weighted by Crippen LogP contribution is 2.34. The van der Waals surface area contributed by atoms with Crippen molar-refractivity contribution in [2.45, 2.75) is 6.92 Å². The van der Waals surface area contributed by atoms with Gasteiger partial charge in [-0.2, -0.15) is 0 Å². The van der Waals surface area contributed by atoms with Gasteiger partial charge >= 0.3 is 0 Å². The average molecular weight is 312 g/mol. The molecule has 5 nitrogen and oxygen atoms in total. The molecule has 2 aromatic rings. The van der Waals surface area contributed by atoms with Crippen LogP contribution in [0, 0.1) is 6.92 Å². The smallest absolute Gasteiger partial charge is 0.263 e. The van der Waals surface area contributed by atoms with E-state index in [2.05, 4.69) is 5.32 Å². The van der Waals surface area contributed by atoms with Crippen molar-refractivity contribution in [1.29, 1.82) is 0 Å². The Morgan fingerprint density at radius 3 is 2.75 bits per heavy atom. The Morgan fingerprint density at radius 2 is 2.10 bits per heavy atom. The molecule has 0 saturated carbocycles. The standard InChI is InChI=1S/C13H16N2O3S2/c1-8-3-4-10-9(7-8)11(14)12(19-10)13(16)15-5-6-20(2,17)18/h3-4,7H,5-6,14H2,1-2H3,(H,15,16). The normalized spacial score (nSPS) is 11.7. The highest BCUT2D eigenvalue weighted by atomic mass is 32.2. The van der Waals surface area contributed by atoms with Gasteiger partial charge in [0.1, 0.15) is 14.7 Å². The van der Waals surface area contributed by atoms with Crippen molar-refractivity contribution in [3.63, 3.8) is 0 Å². The molecule has 0 aliphatic rings. The molecule has 0 radical (unpaired) electrons. The zero-order valence-electron chi connectivity index (χ0n) is 11.3. The van der Waals surface area contributed by atoms with E-state index in [1.54, 1.807) is 0 Å². The quantitative estimate of drug-likeness (QED) is 0.896. The van der Waals surface area contributed by atoms with Crippen LogP contribution < -0.4 is 11.1 Å². The first-order valence-corrected chi connectivity index (χ1v) is 8.90. The summed E-state index contributed by atoms with van der Waals surface area (Å²) in [6.07, 6.45) is 1.13. The fourth-order valence-corrected chi connectivity index (χ4v) is 3.32. The van der Waals surface area contributed by atoms with Gasteiger partial charge in [-0.3, -0.25) is 4.79 Å². The Hall–Kier alpha value is -1.60. The van der Waals surface area contributed by atoms with Gasteiger partial charge in [0.15, 0.2) is 0 Å². The van der Waals surface area contributed by atoms with E-state index < -0.39 is 9.84 Å². The molecule has 108 valence electrons. The van der Waals surface area contributed by atoms with Crippen LogP contribution in [0.25, 0.3) is 10.1 Å². The topological polar surface area (TPSA) is 89.3 Å². The third kappa shape index (κ3) is 3.29. The lowest BCUT2D eigenvalue weighted by Crippen LogP contribution is -2.28. The van der Waals surface area contributed by atoms with Gasteiger partial charge < -0.3 is 11.1 Å². The third-order valence-electron chi connectivity index (χ3n) is 2.85. The van der Waals surface area contributed by atoms with Crippen LogP contribution in [0.3, 0.4) is 0 Å². The second kappa shape index (κ2) is 5.41. The van der Waals surface area contributed by atoms with Crippen LogP contribution in [0.5, 0.6) is 0 Å². The van der Waals surface area contributed by atoms with Gasteiger partial charge in [-0.25, -0.2) is 8.42 Å². The molecule has 0 bridgehead atoms. The van der Waals surface area contributed by atoms with Crippen LogP contribution in [0.1, 0.15) is 15.2 Å². The Balaban J connectivity index is 2.20. The van der Waals surface area contributed by atoms with Crippen LogP contribution in [0.4, 0.5) is 5.69 Å². The number of carbonyl (C=O) groups excluding carboxylic acids is 1. The number of aryl methyl sites for hydroxylation is 1. The summed E-state index contributed by atoms with van der Waals surface area (Å²) >= 11 is 1.31. The molecule has 1 amide bonds. The number of sulfone groups is 1. The predicted octanol–water partition coefficient (Wildman–Crippen LogP) is 1.57. The zero-order chi connectivity index (χ0) is 14.9. The minimum atomic E-state index is -3.08. The molecule has 0 atom stereocenters. The summed E-state index contributed by atoms with van der Waals surface area (Å²) < 4.78 is 23.0. The first-order chi connectivity index (χ1) is 9.28. The maximum Gasteiger partial charge on any atom is 0.263 e. The van der Waals surface area contributed by atoms with Gasteiger partial charge in [-0.1, -0.05) is 11.6 Å². The van der Waals surface area contributed by atoms with Crippen molar-refractivity contribution in [3.05, 3.63) is 28.6 Å². The van der Waals surface area contributed by atoms with Crippen LogP contribution in [-0.2, 0) is 9.84 Å². The number of benzene rings is 1. The molecule has 1 aromatic heterocycles. The molecule has 3 N–H and O–H groups in total. The van der Waals surface area contributed by atoms with E-state index in [0.29, 0.717) is 10.6 Å². The van der Waals surface area contributed by atoms with Gasteiger partial charge in [-0.15, -0.1) is 11.3 Å². The monoisotopic (exact) mass is 312 g/mol. The number of fused-ring (bicyclic) bond motifs is 1. The Labute approximate surface area is 121 Å². The minimum absolute atomic E-state index is 0.0807. The van der Waals surface area contributed by atoms with E-state index in [1.165, 1.54) is 11.3 Å². The summed E-state index contributed by atoms with van der Waals surface area (Å²) in [5.41, 5.74) is 7.52. The Bertz CT molecular complexity index is 763. The molecule has 0 aliphatic heterocycles. The Kier molecular flexibility index (Phi) is 4.01. The number of hydrogen-bond donors (Lipinski definition) is 2. The molecule has 0 aliphatic carbocycles. The van der Waals surface area contributed by atoms with Crippen LogP contribution in [0.15, 0.2) is 18.2 Å². The lowest BCUT2D eigenvalue weighted by Gasteiger charge is -2.03. The maximum absolute atomic E-state index is 12.0. The SMILES string of the molecule is Cc1ccc2sc(C(=O)NCCS(C)(=O)=O)c(N)c2c1. The second-order valence-corrected chi connectivity index (χ2v) is 8.04. The fourth-order valence-electron chi connectivity index (χ4n) is 1.83. The van der Waals surface area contributed by atoms with E-state index in [4.69, 9.17) is 5.73 Å². The van der Waals surface area contributed by atoms with Gasteiger partial charge in [0.2, 0.25) is 0 Å². The molecule has 2 rings (SSSR count). The van der Waals surface area contributed by atoms with Gasteiger partial charge in [0.05, 0.1) is 11.4 Å². The first-order valence-electron chi connectivity index (χ1n) is 6.02. The molecular weight excluding hydrogens is 296 g/mol. The summed E-state index contributed by atoms with van der Waals surface area (Å²) in [7, 11) is -3.08. The van der Waals surface area contributed by atoms with E-state index in [-0.39, 0.29) is 18.2 Å². The van der Waals surface area contributed by atoms with Crippen molar-refractivity contribution < 1.29 is 13.2 Å². The number of nitrogen functional groups attached to an aromatic ring is 1. The van der Waals surface area contributed by atoms with E-state index in [0.717, 1.165) is 21.9 Å². The van der Waals surface area contributed by atoms with Crippen LogP contribution in [0.2, 0.25) is 0 Å². The van der Waals surface area contributed by atoms with E-state index in [9.17, 15) is 13.2 Å². The van der Waals surface area contributed by atoms with E-state index in [1.807, 2.05) is 25.1 Å². The second-order valence-electron chi connectivity index (χ2n) is 4.73. The number of nitrogens with one attached hydrogen (secondary N) is 1. The molecule has 0 saturated heterocycles. The number of amides is 1. The van der Waals surface area contributed by atoms with Gasteiger partial charge in [-0.05, 0) is 19.1 Å². The van der Waals surface area contributed by atoms with Crippen molar-refractivity contribution in [3.8, 4) is 0 Å². The number of carbonyl (C=O) groups is 1. The number of hydrogen-bond acceptors (Lipinski definition) is 5. The minimum Gasteiger partial charge on any atom is -0.397 e. The molecule has 20 heavy (non-hydrogen) atoms. The first kappa shape index (κ1) is 14.8. The van der Waals surface area contributed by atoms with Gasteiger partial charge in [0, 0.05) is 22.9 Å². The number of thiophene rings is 1. The molecule has 0 spiro atoms. The molecule has 7 heteroatoms. The molecule has 1 aromatic carbocycles. The molecule has 0 unspecified atom stereocenters. The summed E-state index contributed by atoms with van der Waals surface area (Å²) in [6, 6.07) is 5.83. The van der Waals surface area contributed by atoms with Crippen molar-refractivity contribution in [2.24, 2.45) is 0 Å². The zero-order valence-corrected chi connectivity index (χ0v) is 12.9. The van der Waals surface area contributed by atoms with E-state index >= 15 is 0 Å². The predicted molar refractivity (Wildman–Crippen MR) is 83.0 cm³/mol. The average Bonchev–Trinajstić information content (AvgIpc) is 2.65. The van der Waals surface area contributed by atoms with Crippen LogP contribution >= 0.6 is 11.3 Å². The fraction of sp³-hybridized carbons (Fsp3) is 0.308. The number of nitrogens with two attached hydrogens (primary N) is 1. The third-order valence-corrected chi connectivity index (χ3v) is 4.98. The summed E-state index contributed by atoms with van der Waals surface area (Å²) in [6.45, 7) is 2.05. The summed E-state index contributed by atoms with van der Waals surface area (Å²) in [5.74, 6) is -0.409. The highest BCUT2D eigenvalue weighted by molar-refractivity contribution is 7.90. The van der Waals surface area contributed by atoms with Crippen molar-refractivity contribution >= 4 is 42.9 Å². The number of rotatable bonds is 4. The van der Waals surface area contributed by atoms with Crippen LogP contribution in [-0.4, -0.2) is 32.9 Å². The lowest BCUT2D eigenvalue weighted by molar-refractivity contribution is 0.0961. The lowest BCUT2D eigenvalue weighted by atomic mass is 10.1. The van der Waals surface area contributed by atoms with Gasteiger partial charge in [0.25, 0.3) is 5.91 Å². The Morgan fingerprint density at radius 1 is 1.40 bits per heavy atom.